The van der Waals surface area contributed by atoms with E-state index < -0.39 is 18.8 Å². The third-order valence-electron chi connectivity index (χ3n) is 1.89. The SMILES string of the molecule is CCOc1cc(I)cc(NC(=O)NCC(F)(F)F)c1. The van der Waals surface area contributed by atoms with Crippen LogP contribution in [-0.2, 0) is 0 Å². The summed E-state index contributed by atoms with van der Waals surface area (Å²) >= 11 is 2.02. The van der Waals surface area contributed by atoms with Crippen LogP contribution in [0.5, 0.6) is 5.75 Å². The number of anilines is 1. The molecular formula is C11H12F3IN2O2. The van der Waals surface area contributed by atoms with E-state index in [1.54, 1.807) is 23.5 Å². The first kappa shape index (κ1) is 15.9. The molecule has 0 heterocycles. The molecule has 0 atom stereocenters. The molecule has 0 radical (unpaired) electrons. The molecule has 0 unspecified atom stereocenters. The molecule has 1 aromatic rings. The largest absolute Gasteiger partial charge is 0.494 e. The molecule has 0 saturated carbocycles. The monoisotopic (exact) mass is 388 g/mol. The Balaban J connectivity index is 2.63. The van der Waals surface area contributed by atoms with Crippen molar-refractivity contribution in [2.75, 3.05) is 18.5 Å². The zero-order valence-corrected chi connectivity index (χ0v) is 12.1. The lowest BCUT2D eigenvalue weighted by atomic mass is 10.3. The molecule has 0 aliphatic heterocycles. The summed E-state index contributed by atoms with van der Waals surface area (Å²) in [6.45, 7) is 0.893. The van der Waals surface area contributed by atoms with Crippen LogP contribution in [0.4, 0.5) is 23.7 Å². The Bertz CT molecular complexity index is 452. The Hall–Kier alpha value is -1.19. The van der Waals surface area contributed by atoms with E-state index in [0.29, 0.717) is 18.0 Å². The van der Waals surface area contributed by atoms with Crippen molar-refractivity contribution in [2.45, 2.75) is 13.1 Å². The van der Waals surface area contributed by atoms with Crippen molar-refractivity contribution in [3.05, 3.63) is 21.8 Å². The quantitative estimate of drug-likeness (QED) is 0.778. The number of halogens is 4. The Labute approximate surface area is 121 Å². The van der Waals surface area contributed by atoms with E-state index in [2.05, 4.69) is 5.32 Å². The van der Waals surface area contributed by atoms with Crippen molar-refractivity contribution < 1.29 is 22.7 Å². The van der Waals surface area contributed by atoms with E-state index >= 15 is 0 Å². The first-order valence-electron chi connectivity index (χ1n) is 5.35. The molecule has 2 N–H and O–H groups in total. The Kier molecular flexibility index (Phi) is 5.70. The smallest absolute Gasteiger partial charge is 0.405 e. The average molecular weight is 388 g/mol. The van der Waals surface area contributed by atoms with E-state index in [0.717, 1.165) is 3.57 Å². The fraction of sp³-hybridized carbons (Fsp3) is 0.364. The van der Waals surface area contributed by atoms with Crippen molar-refractivity contribution in [3.63, 3.8) is 0 Å². The van der Waals surface area contributed by atoms with Crippen LogP contribution in [0.1, 0.15) is 6.92 Å². The summed E-state index contributed by atoms with van der Waals surface area (Å²) in [5, 5.41) is 4.04. The maximum Gasteiger partial charge on any atom is 0.405 e. The number of hydrogen-bond acceptors (Lipinski definition) is 2. The highest BCUT2D eigenvalue weighted by Gasteiger charge is 2.27. The number of carbonyl (C=O) groups excluding carboxylic acids is 1. The summed E-state index contributed by atoms with van der Waals surface area (Å²) in [5.74, 6) is 0.542. The maximum atomic E-state index is 11.9. The summed E-state index contributed by atoms with van der Waals surface area (Å²) in [6.07, 6.45) is -4.43. The lowest BCUT2D eigenvalue weighted by molar-refractivity contribution is -0.122. The van der Waals surface area contributed by atoms with Gasteiger partial charge in [-0.1, -0.05) is 0 Å². The molecule has 0 fully saturated rings. The number of amides is 2. The topological polar surface area (TPSA) is 50.4 Å². The summed E-state index contributed by atoms with van der Waals surface area (Å²) in [6, 6.07) is 4.00. The van der Waals surface area contributed by atoms with Gasteiger partial charge >= 0.3 is 12.2 Å². The van der Waals surface area contributed by atoms with E-state index in [1.807, 2.05) is 29.5 Å². The zero-order chi connectivity index (χ0) is 14.5. The molecule has 106 valence electrons. The molecule has 0 bridgehead atoms. The third kappa shape index (κ3) is 6.50. The molecule has 0 saturated heterocycles. The second-order valence-electron chi connectivity index (χ2n) is 3.53. The number of urea groups is 1. The summed E-state index contributed by atoms with van der Waals surface area (Å²) in [7, 11) is 0. The van der Waals surface area contributed by atoms with Gasteiger partial charge in [0.1, 0.15) is 12.3 Å². The second kappa shape index (κ2) is 6.83. The molecule has 0 aromatic heterocycles. The van der Waals surface area contributed by atoms with Gasteiger partial charge in [0.25, 0.3) is 0 Å². The standard InChI is InChI=1S/C11H12F3IN2O2/c1-2-19-9-4-7(15)3-8(5-9)17-10(18)16-6-11(12,13)14/h3-5H,2,6H2,1H3,(H2,16,17,18). The average Bonchev–Trinajstić information content (AvgIpc) is 2.25. The van der Waals surface area contributed by atoms with Gasteiger partial charge in [0.2, 0.25) is 0 Å². The van der Waals surface area contributed by atoms with Crippen molar-refractivity contribution >= 4 is 34.3 Å². The van der Waals surface area contributed by atoms with Gasteiger partial charge < -0.3 is 15.4 Å². The highest BCUT2D eigenvalue weighted by Crippen LogP contribution is 2.22. The minimum Gasteiger partial charge on any atom is -0.494 e. The van der Waals surface area contributed by atoms with Crippen LogP contribution in [0, 0.1) is 3.57 Å². The number of ether oxygens (including phenoxy) is 1. The Morgan fingerprint density at radius 3 is 2.63 bits per heavy atom. The number of nitrogens with one attached hydrogen (secondary N) is 2. The van der Waals surface area contributed by atoms with Crippen LogP contribution in [0.3, 0.4) is 0 Å². The fourth-order valence-electron chi connectivity index (χ4n) is 1.24. The summed E-state index contributed by atoms with van der Waals surface area (Å²) < 4.78 is 41.8. The van der Waals surface area contributed by atoms with Gasteiger partial charge in [-0.25, -0.2) is 4.79 Å². The van der Waals surface area contributed by atoms with Crippen LogP contribution < -0.4 is 15.4 Å². The normalized spacial score (nSPS) is 11.0. The van der Waals surface area contributed by atoms with Gasteiger partial charge in [-0.2, -0.15) is 13.2 Å². The van der Waals surface area contributed by atoms with E-state index in [1.165, 1.54) is 0 Å². The molecule has 0 aliphatic carbocycles. The Morgan fingerprint density at radius 2 is 2.05 bits per heavy atom. The lowest BCUT2D eigenvalue weighted by Crippen LogP contribution is -2.36. The number of benzene rings is 1. The molecule has 1 rings (SSSR count). The molecule has 4 nitrogen and oxygen atoms in total. The predicted molar refractivity (Wildman–Crippen MR) is 73.4 cm³/mol. The summed E-state index contributed by atoms with van der Waals surface area (Å²) in [4.78, 5) is 11.3. The maximum absolute atomic E-state index is 11.9. The van der Waals surface area contributed by atoms with E-state index in [4.69, 9.17) is 4.74 Å². The zero-order valence-electron chi connectivity index (χ0n) is 9.97. The minimum absolute atomic E-state index is 0.370. The first-order valence-corrected chi connectivity index (χ1v) is 6.43. The van der Waals surface area contributed by atoms with E-state index in [-0.39, 0.29) is 0 Å². The van der Waals surface area contributed by atoms with Gasteiger partial charge in [-0.05, 0) is 41.6 Å². The van der Waals surface area contributed by atoms with Crippen molar-refractivity contribution in [2.24, 2.45) is 0 Å². The lowest BCUT2D eigenvalue weighted by Gasteiger charge is -2.11. The van der Waals surface area contributed by atoms with Gasteiger partial charge in [-0.3, -0.25) is 0 Å². The van der Waals surface area contributed by atoms with Crippen LogP contribution in [0.25, 0.3) is 0 Å². The highest BCUT2D eigenvalue weighted by molar-refractivity contribution is 14.1. The number of carbonyl (C=O) groups is 1. The molecule has 19 heavy (non-hydrogen) atoms. The minimum atomic E-state index is -4.43. The van der Waals surface area contributed by atoms with Crippen LogP contribution in [-0.4, -0.2) is 25.4 Å². The number of rotatable bonds is 4. The van der Waals surface area contributed by atoms with Crippen LogP contribution >= 0.6 is 22.6 Å². The van der Waals surface area contributed by atoms with Crippen molar-refractivity contribution in [3.8, 4) is 5.75 Å². The number of hydrogen-bond donors (Lipinski definition) is 2. The molecule has 1 aromatic carbocycles. The second-order valence-corrected chi connectivity index (χ2v) is 4.78. The van der Waals surface area contributed by atoms with Crippen molar-refractivity contribution in [1.82, 2.24) is 5.32 Å². The molecule has 2 amide bonds. The molecule has 0 spiro atoms. The highest BCUT2D eigenvalue weighted by atomic mass is 127. The molecule has 8 heteroatoms. The van der Waals surface area contributed by atoms with Gasteiger partial charge in [-0.15, -0.1) is 0 Å². The molecule has 0 aliphatic rings. The van der Waals surface area contributed by atoms with Crippen LogP contribution in [0.2, 0.25) is 0 Å². The van der Waals surface area contributed by atoms with Crippen LogP contribution in [0.15, 0.2) is 18.2 Å². The first-order chi connectivity index (χ1) is 8.80. The fourth-order valence-corrected chi connectivity index (χ4v) is 1.88. The third-order valence-corrected chi connectivity index (χ3v) is 2.51. The van der Waals surface area contributed by atoms with Gasteiger partial charge in [0, 0.05) is 15.3 Å². The number of alkyl halides is 3. The van der Waals surface area contributed by atoms with Gasteiger partial charge in [0.05, 0.1) is 6.61 Å². The molecular weight excluding hydrogens is 376 g/mol. The predicted octanol–water partition coefficient (Wildman–Crippen LogP) is 3.37. The summed E-state index contributed by atoms with van der Waals surface area (Å²) in [5.41, 5.74) is 0.370. The van der Waals surface area contributed by atoms with Crippen molar-refractivity contribution in [1.29, 1.82) is 0 Å². The Morgan fingerprint density at radius 1 is 1.37 bits per heavy atom. The van der Waals surface area contributed by atoms with Gasteiger partial charge in [0.15, 0.2) is 0 Å². The van der Waals surface area contributed by atoms with E-state index in [9.17, 15) is 18.0 Å².